The van der Waals surface area contributed by atoms with Crippen molar-refractivity contribution in [3.05, 3.63) is 65.0 Å². The highest BCUT2D eigenvalue weighted by Gasteiger charge is 2.00. The number of aliphatic imine (C=N–C) groups is 1. The van der Waals surface area contributed by atoms with Crippen LogP contribution < -0.4 is 11.1 Å². The van der Waals surface area contributed by atoms with Gasteiger partial charge in [0, 0.05) is 12.2 Å². The minimum absolute atomic E-state index is 0.200. The molecular formula is C17H20FN3. The number of hydrogen-bond acceptors (Lipinski definition) is 1. The number of nitrogens with zero attached hydrogens (tertiary/aromatic N) is 1. The van der Waals surface area contributed by atoms with Crippen LogP contribution in [-0.2, 0) is 6.42 Å². The van der Waals surface area contributed by atoms with E-state index in [1.165, 1.54) is 6.07 Å². The van der Waals surface area contributed by atoms with E-state index in [2.05, 4.69) is 16.4 Å². The third-order valence-electron chi connectivity index (χ3n) is 3.12. The van der Waals surface area contributed by atoms with E-state index in [-0.39, 0.29) is 5.82 Å². The van der Waals surface area contributed by atoms with Gasteiger partial charge in [-0.2, -0.15) is 0 Å². The van der Waals surface area contributed by atoms with Gasteiger partial charge < -0.3 is 11.1 Å². The molecule has 0 fully saturated rings. The van der Waals surface area contributed by atoms with Gasteiger partial charge in [0.2, 0.25) is 0 Å². The first-order valence-corrected chi connectivity index (χ1v) is 6.93. The fourth-order valence-electron chi connectivity index (χ4n) is 2.23. The predicted molar refractivity (Wildman–Crippen MR) is 86.1 cm³/mol. The maximum Gasteiger partial charge on any atom is 0.193 e. The molecule has 0 atom stereocenters. The second-order valence-electron chi connectivity index (χ2n) is 5.11. The van der Waals surface area contributed by atoms with Crippen LogP contribution in [0, 0.1) is 19.7 Å². The summed E-state index contributed by atoms with van der Waals surface area (Å²) in [5.41, 5.74) is 9.75. The lowest BCUT2D eigenvalue weighted by molar-refractivity contribution is 0.609. The Balaban J connectivity index is 1.94. The molecule has 3 nitrogen and oxygen atoms in total. The molecule has 0 unspecified atom stereocenters. The first-order valence-electron chi connectivity index (χ1n) is 6.93. The van der Waals surface area contributed by atoms with Crippen LogP contribution in [0.5, 0.6) is 0 Å². The summed E-state index contributed by atoms with van der Waals surface area (Å²) in [6, 6.07) is 12.8. The van der Waals surface area contributed by atoms with E-state index in [4.69, 9.17) is 5.73 Å². The summed E-state index contributed by atoms with van der Waals surface area (Å²) in [6.45, 7) is 4.51. The molecule has 0 spiro atoms. The zero-order valence-corrected chi connectivity index (χ0v) is 12.4. The monoisotopic (exact) mass is 285 g/mol. The molecule has 2 rings (SSSR count). The number of benzene rings is 2. The van der Waals surface area contributed by atoms with Gasteiger partial charge in [0.1, 0.15) is 5.82 Å². The van der Waals surface area contributed by atoms with E-state index in [0.29, 0.717) is 24.5 Å². The van der Waals surface area contributed by atoms with Crippen molar-refractivity contribution in [3.63, 3.8) is 0 Å². The molecule has 0 heterocycles. The Morgan fingerprint density at radius 1 is 1.14 bits per heavy atom. The molecule has 0 aliphatic rings. The minimum atomic E-state index is -0.200. The van der Waals surface area contributed by atoms with Gasteiger partial charge >= 0.3 is 0 Å². The van der Waals surface area contributed by atoms with Crippen molar-refractivity contribution >= 4 is 11.6 Å². The van der Waals surface area contributed by atoms with E-state index in [1.54, 1.807) is 12.1 Å². The zero-order valence-electron chi connectivity index (χ0n) is 12.4. The van der Waals surface area contributed by atoms with E-state index in [0.717, 1.165) is 16.8 Å². The van der Waals surface area contributed by atoms with Gasteiger partial charge in [-0.15, -0.1) is 0 Å². The topological polar surface area (TPSA) is 50.4 Å². The number of guanidine groups is 1. The summed E-state index contributed by atoms with van der Waals surface area (Å²) < 4.78 is 13.5. The van der Waals surface area contributed by atoms with Gasteiger partial charge in [-0.1, -0.05) is 24.3 Å². The summed E-state index contributed by atoms with van der Waals surface area (Å²) in [7, 11) is 0. The maximum absolute atomic E-state index is 13.5. The Hall–Kier alpha value is -2.36. The number of nitrogens with one attached hydrogen (secondary N) is 1. The SMILES string of the molecule is Cc1cc(C)cc(NC(N)=NCCc2ccccc2F)c1. The van der Waals surface area contributed by atoms with Crippen molar-refractivity contribution < 1.29 is 4.39 Å². The first kappa shape index (κ1) is 15.0. The molecule has 21 heavy (non-hydrogen) atoms. The number of hydrogen-bond donors (Lipinski definition) is 2. The van der Waals surface area contributed by atoms with Crippen molar-refractivity contribution in [2.45, 2.75) is 20.3 Å². The molecule has 2 aromatic rings. The molecule has 0 aliphatic heterocycles. The molecular weight excluding hydrogens is 265 g/mol. The van der Waals surface area contributed by atoms with Gasteiger partial charge in [-0.05, 0) is 55.2 Å². The van der Waals surface area contributed by atoms with Crippen molar-refractivity contribution in [2.24, 2.45) is 10.7 Å². The van der Waals surface area contributed by atoms with Crippen molar-refractivity contribution in [3.8, 4) is 0 Å². The van der Waals surface area contributed by atoms with Gasteiger partial charge in [0.05, 0.1) is 0 Å². The Morgan fingerprint density at radius 3 is 2.48 bits per heavy atom. The summed E-state index contributed by atoms with van der Waals surface area (Å²) in [5.74, 6) is 0.143. The second kappa shape index (κ2) is 6.88. The van der Waals surface area contributed by atoms with Crippen LogP contribution in [0.15, 0.2) is 47.5 Å². The van der Waals surface area contributed by atoms with Crippen LogP contribution in [-0.4, -0.2) is 12.5 Å². The minimum Gasteiger partial charge on any atom is -0.370 e. The summed E-state index contributed by atoms with van der Waals surface area (Å²) in [5, 5.41) is 3.06. The number of rotatable bonds is 4. The van der Waals surface area contributed by atoms with E-state index < -0.39 is 0 Å². The Morgan fingerprint density at radius 2 is 1.81 bits per heavy atom. The van der Waals surface area contributed by atoms with Gasteiger partial charge in [0.15, 0.2) is 5.96 Å². The number of aryl methyl sites for hydroxylation is 2. The molecule has 0 bridgehead atoms. The number of anilines is 1. The van der Waals surface area contributed by atoms with Crippen LogP contribution in [0.3, 0.4) is 0 Å². The van der Waals surface area contributed by atoms with E-state index in [9.17, 15) is 4.39 Å². The average Bonchev–Trinajstić information content (AvgIpc) is 2.39. The highest BCUT2D eigenvalue weighted by molar-refractivity contribution is 5.92. The normalized spacial score (nSPS) is 11.5. The fourth-order valence-corrected chi connectivity index (χ4v) is 2.23. The molecule has 3 N–H and O–H groups in total. The lowest BCUT2D eigenvalue weighted by Gasteiger charge is -2.08. The standard InChI is InChI=1S/C17H20FN3/c1-12-9-13(2)11-15(10-12)21-17(19)20-8-7-14-5-3-4-6-16(14)18/h3-6,9-11H,7-8H2,1-2H3,(H3,19,20,21). The van der Waals surface area contributed by atoms with Gasteiger partial charge in [-0.25, -0.2) is 4.39 Å². The van der Waals surface area contributed by atoms with Crippen molar-refractivity contribution in [2.75, 3.05) is 11.9 Å². The quantitative estimate of drug-likeness (QED) is 0.668. The zero-order chi connectivity index (χ0) is 15.2. The maximum atomic E-state index is 13.5. The van der Waals surface area contributed by atoms with Crippen molar-refractivity contribution in [1.82, 2.24) is 0 Å². The lowest BCUT2D eigenvalue weighted by atomic mass is 10.1. The van der Waals surface area contributed by atoms with Crippen LogP contribution in [0.1, 0.15) is 16.7 Å². The van der Waals surface area contributed by atoms with E-state index in [1.807, 2.05) is 32.0 Å². The molecule has 110 valence electrons. The summed E-state index contributed by atoms with van der Waals surface area (Å²) >= 11 is 0. The molecule has 0 aliphatic carbocycles. The Kier molecular flexibility index (Phi) is 4.93. The first-order chi connectivity index (χ1) is 10.0. The largest absolute Gasteiger partial charge is 0.370 e. The summed E-state index contributed by atoms with van der Waals surface area (Å²) in [4.78, 5) is 4.23. The Bertz CT molecular complexity index is 630. The third kappa shape index (κ3) is 4.60. The predicted octanol–water partition coefficient (Wildman–Crippen LogP) is 3.41. The fraction of sp³-hybridized carbons (Fsp3) is 0.235. The van der Waals surface area contributed by atoms with Crippen LogP contribution >= 0.6 is 0 Å². The Labute approximate surface area is 124 Å². The van der Waals surface area contributed by atoms with Gasteiger partial charge in [-0.3, -0.25) is 4.99 Å². The lowest BCUT2D eigenvalue weighted by Crippen LogP contribution is -2.23. The average molecular weight is 285 g/mol. The molecule has 4 heteroatoms. The second-order valence-corrected chi connectivity index (χ2v) is 5.11. The molecule has 0 amide bonds. The van der Waals surface area contributed by atoms with Crippen LogP contribution in [0.4, 0.5) is 10.1 Å². The van der Waals surface area contributed by atoms with Crippen LogP contribution in [0.2, 0.25) is 0 Å². The highest BCUT2D eigenvalue weighted by Crippen LogP contribution is 2.13. The van der Waals surface area contributed by atoms with Gasteiger partial charge in [0.25, 0.3) is 0 Å². The summed E-state index contributed by atoms with van der Waals surface area (Å²) in [6.07, 6.45) is 0.530. The molecule has 0 aromatic heterocycles. The number of halogens is 1. The van der Waals surface area contributed by atoms with E-state index >= 15 is 0 Å². The molecule has 0 saturated heterocycles. The van der Waals surface area contributed by atoms with Crippen LogP contribution in [0.25, 0.3) is 0 Å². The highest BCUT2D eigenvalue weighted by atomic mass is 19.1. The molecule has 0 radical (unpaired) electrons. The molecule has 0 saturated carbocycles. The smallest absolute Gasteiger partial charge is 0.193 e. The van der Waals surface area contributed by atoms with Crippen molar-refractivity contribution in [1.29, 1.82) is 0 Å². The molecule has 2 aromatic carbocycles. The number of nitrogens with two attached hydrogens (primary N) is 1. The third-order valence-corrected chi connectivity index (χ3v) is 3.12.